The van der Waals surface area contributed by atoms with Crippen molar-refractivity contribution < 1.29 is 19.2 Å². The summed E-state index contributed by atoms with van der Waals surface area (Å²) < 4.78 is 0. The normalized spacial score (nSPS) is 17.8. The van der Waals surface area contributed by atoms with Gasteiger partial charge in [0.15, 0.2) is 5.82 Å². The van der Waals surface area contributed by atoms with Crippen molar-refractivity contribution in [3.63, 3.8) is 0 Å². The highest BCUT2D eigenvalue weighted by Gasteiger charge is 2.32. The summed E-state index contributed by atoms with van der Waals surface area (Å²) in [4.78, 5) is 56.6. The zero-order valence-corrected chi connectivity index (χ0v) is 18.7. The van der Waals surface area contributed by atoms with Gasteiger partial charge in [0, 0.05) is 12.5 Å². The number of nitrogens with zero attached hydrogens (tertiary/aromatic N) is 1. The standard InChI is InChI=1S/C21H27ClN6O4/c1-10(2)8-15(20(31)26-14(17(23)29)9-11-6-7-24-19(11)30)27-21(32)18-25-13-5-3-4-12(22)16(13)28-18/h3-5,10-11,14-15H,6-9H2,1-2H3,(H2,23,29)(H,24,30)(H,25,28)(H,26,31)(H,27,32)/t11-,14-,15-/m0/s1. The van der Waals surface area contributed by atoms with E-state index >= 15 is 0 Å². The van der Waals surface area contributed by atoms with E-state index in [2.05, 4.69) is 25.9 Å². The van der Waals surface area contributed by atoms with Crippen LogP contribution in [0.5, 0.6) is 0 Å². The van der Waals surface area contributed by atoms with Gasteiger partial charge in [0.05, 0.1) is 10.5 Å². The number of halogens is 1. The SMILES string of the molecule is CC(C)C[C@H](NC(=O)c1nc2c(Cl)cccc2[nH]1)C(=O)N[C@@H](C[C@@H]1CCNC1=O)C(N)=O. The van der Waals surface area contributed by atoms with Gasteiger partial charge in [-0.3, -0.25) is 19.2 Å². The lowest BCUT2D eigenvalue weighted by Gasteiger charge is -2.23. The van der Waals surface area contributed by atoms with Crippen LogP contribution in [-0.4, -0.2) is 52.2 Å². The van der Waals surface area contributed by atoms with E-state index < -0.39 is 35.7 Å². The van der Waals surface area contributed by atoms with Crippen molar-refractivity contribution in [2.75, 3.05) is 6.54 Å². The van der Waals surface area contributed by atoms with Crippen molar-refractivity contribution in [3.05, 3.63) is 29.0 Å². The van der Waals surface area contributed by atoms with Gasteiger partial charge in [0.25, 0.3) is 5.91 Å². The number of primary amides is 1. The Morgan fingerprint density at radius 2 is 2.00 bits per heavy atom. The van der Waals surface area contributed by atoms with E-state index in [1.165, 1.54) is 0 Å². The molecule has 0 radical (unpaired) electrons. The smallest absolute Gasteiger partial charge is 0.287 e. The Balaban J connectivity index is 1.72. The van der Waals surface area contributed by atoms with E-state index in [1.807, 2.05) is 13.8 Å². The van der Waals surface area contributed by atoms with Crippen LogP contribution in [0.4, 0.5) is 0 Å². The summed E-state index contributed by atoms with van der Waals surface area (Å²) in [6.07, 6.45) is 1.00. The third-order valence-electron chi connectivity index (χ3n) is 5.35. The predicted octanol–water partition coefficient (Wildman–Crippen LogP) is 0.857. The lowest BCUT2D eigenvalue weighted by atomic mass is 9.97. The summed E-state index contributed by atoms with van der Waals surface area (Å²) in [5, 5.41) is 8.37. The number of H-pyrrole nitrogens is 1. The molecule has 1 aliphatic heterocycles. The highest BCUT2D eigenvalue weighted by molar-refractivity contribution is 6.35. The van der Waals surface area contributed by atoms with Crippen molar-refractivity contribution in [2.45, 2.75) is 45.2 Å². The fraction of sp³-hybridized carbons (Fsp3) is 0.476. The second kappa shape index (κ2) is 9.99. The Morgan fingerprint density at radius 3 is 2.59 bits per heavy atom. The predicted molar refractivity (Wildman–Crippen MR) is 119 cm³/mol. The molecule has 2 aromatic rings. The second-order valence-electron chi connectivity index (χ2n) is 8.35. The molecule has 0 unspecified atom stereocenters. The number of para-hydroxylation sites is 1. The van der Waals surface area contributed by atoms with Crippen molar-refractivity contribution in [2.24, 2.45) is 17.6 Å². The number of benzene rings is 1. The first-order valence-corrected chi connectivity index (χ1v) is 10.9. The topological polar surface area (TPSA) is 159 Å². The first kappa shape index (κ1) is 23.5. The summed E-state index contributed by atoms with van der Waals surface area (Å²) in [7, 11) is 0. The zero-order chi connectivity index (χ0) is 23.4. The highest BCUT2D eigenvalue weighted by Crippen LogP contribution is 2.21. The van der Waals surface area contributed by atoms with Crippen LogP contribution in [0.1, 0.15) is 43.7 Å². The van der Waals surface area contributed by atoms with Crippen LogP contribution in [0, 0.1) is 11.8 Å². The van der Waals surface area contributed by atoms with E-state index in [-0.39, 0.29) is 24.1 Å². The van der Waals surface area contributed by atoms with Crippen LogP contribution < -0.4 is 21.7 Å². The van der Waals surface area contributed by atoms with Gasteiger partial charge in [0.1, 0.15) is 17.6 Å². The summed E-state index contributed by atoms with van der Waals surface area (Å²) in [5.41, 5.74) is 6.50. The molecule has 172 valence electrons. The summed E-state index contributed by atoms with van der Waals surface area (Å²) in [6.45, 7) is 4.33. The lowest BCUT2D eigenvalue weighted by molar-refractivity contribution is -0.130. The van der Waals surface area contributed by atoms with Gasteiger partial charge in [-0.05, 0) is 37.3 Å². The maximum absolute atomic E-state index is 13.0. The number of hydrogen-bond donors (Lipinski definition) is 5. The molecular weight excluding hydrogens is 436 g/mol. The fourth-order valence-electron chi connectivity index (χ4n) is 3.71. The summed E-state index contributed by atoms with van der Waals surface area (Å²) in [5.74, 6) is -2.34. The molecule has 2 heterocycles. The maximum atomic E-state index is 13.0. The van der Waals surface area contributed by atoms with E-state index in [1.54, 1.807) is 18.2 Å². The first-order chi connectivity index (χ1) is 15.2. The van der Waals surface area contributed by atoms with Gasteiger partial charge in [0.2, 0.25) is 17.7 Å². The molecule has 3 rings (SSSR count). The monoisotopic (exact) mass is 462 g/mol. The van der Waals surface area contributed by atoms with Crippen LogP contribution in [0.15, 0.2) is 18.2 Å². The molecule has 4 amide bonds. The minimum Gasteiger partial charge on any atom is -0.368 e. The number of carbonyl (C=O) groups excluding carboxylic acids is 4. The van der Waals surface area contributed by atoms with Crippen molar-refractivity contribution in [3.8, 4) is 0 Å². The maximum Gasteiger partial charge on any atom is 0.287 e. The number of nitrogens with two attached hydrogens (primary N) is 1. The van der Waals surface area contributed by atoms with E-state index in [0.29, 0.717) is 35.4 Å². The van der Waals surface area contributed by atoms with Crippen molar-refractivity contribution in [1.29, 1.82) is 0 Å². The average molecular weight is 463 g/mol. The van der Waals surface area contributed by atoms with Gasteiger partial charge in [-0.1, -0.05) is 31.5 Å². The Labute approximate surface area is 190 Å². The third kappa shape index (κ3) is 5.56. The van der Waals surface area contributed by atoms with Gasteiger partial charge >= 0.3 is 0 Å². The molecular formula is C21H27ClN6O4. The Kier molecular flexibility index (Phi) is 7.34. The number of amides is 4. The Hall–Kier alpha value is -3.14. The van der Waals surface area contributed by atoms with Crippen molar-refractivity contribution >= 4 is 46.3 Å². The number of rotatable bonds is 9. The molecule has 6 N–H and O–H groups in total. The second-order valence-corrected chi connectivity index (χ2v) is 8.76. The number of aromatic nitrogens is 2. The van der Waals surface area contributed by atoms with Gasteiger partial charge < -0.3 is 26.7 Å². The first-order valence-electron chi connectivity index (χ1n) is 10.5. The largest absolute Gasteiger partial charge is 0.368 e. The molecule has 0 saturated carbocycles. The van der Waals surface area contributed by atoms with E-state index in [4.69, 9.17) is 17.3 Å². The molecule has 1 fully saturated rings. The van der Waals surface area contributed by atoms with Crippen LogP contribution in [-0.2, 0) is 14.4 Å². The van der Waals surface area contributed by atoms with Crippen molar-refractivity contribution in [1.82, 2.24) is 25.9 Å². The number of imidazole rings is 1. The number of fused-ring (bicyclic) bond motifs is 1. The molecule has 10 nitrogen and oxygen atoms in total. The molecule has 1 saturated heterocycles. The summed E-state index contributed by atoms with van der Waals surface area (Å²) in [6, 6.07) is 3.18. The molecule has 32 heavy (non-hydrogen) atoms. The average Bonchev–Trinajstić information content (AvgIpc) is 3.33. The fourth-order valence-corrected chi connectivity index (χ4v) is 3.92. The van der Waals surface area contributed by atoms with Crippen LogP contribution >= 0.6 is 11.6 Å². The minimum atomic E-state index is -1.02. The van der Waals surface area contributed by atoms with Crippen LogP contribution in [0.25, 0.3) is 11.0 Å². The Morgan fingerprint density at radius 1 is 1.25 bits per heavy atom. The molecule has 11 heteroatoms. The van der Waals surface area contributed by atoms with Gasteiger partial charge in [-0.15, -0.1) is 0 Å². The van der Waals surface area contributed by atoms with E-state index in [9.17, 15) is 19.2 Å². The lowest BCUT2D eigenvalue weighted by Crippen LogP contribution is -2.54. The molecule has 0 aliphatic carbocycles. The zero-order valence-electron chi connectivity index (χ0n) is 17.9. The molecule has 1 aromatic heterocycles. The number of nitrogens with one attached hydrogen (secondary N) is 4. The third-order valence-corrected chi connectivity index (χ3v) is 5.66. The van der Waals surface area contributed by atoms with E-state index in [0.717, 1.165) is 0 Å². The molecule has 3 atom stereocenters. The molecule has 1 aliphatic rings. The number of hydrogen-bond acceptors (Lipinski definition) is 5. The van der Waals surface area contributed by atoms with Crippen LogP contribution in [0.3, 0.4) is 0 Å². The molecule has 1 aromatic carbocycles. The molecule has 0 spiro atoms. The summed E-state index contributed by atoms with van der Waals surface area (Å²) >= 11 is 6.12. The number of carbonyl (C=O) groups is 4. The van der Waals surface area contributed by atoms with Gasteiger partial charge in [-0.25, -0.2) is 4.98 Å². The number of aromatic amines is 1. The van der Waals surface area contributed by atoms with Crippen LogP contribution in [0.2, 0.25) is 5.02 Å². The molecule has 0 bridgehead atoms. The minimum absolute atomic E-state index is 0.0173. The highest BCUT2D eigenvalue weighted by atomic mass is 35.5. The Bertz CT molecular complexity index is 1040. The quantitative estimate of drug-likeness (QED) is 0.373. The van der Waals surface area contributed by atoms with Gasteiger partial charge in [-0.2, -0.15) is 0 Å².